The zero-order valence-electron chi connectivity index (χ0n) is 13.7. The summed E-state index contributed by atoms with van der Waals surface area (Å²) in [6.45, 7) is 0.530. The van der Waals surface area contributed by atoms with E-state index in [1.807, 2.05) is 30.3 Å². The van der Waals surface area contributed by atoms with Crippen molar-refractivity contribution >= 4 is 11.8 Å². The van der Waals surface area contributed by atoms with Crippen LogP contribution in [0.3, 0.4) is 0 Å². The number of rotatable bonds is 4. The van der Waals surface area contributed by atoms with Crippen molar-refractivity contribution in [2.24, 2.45) is 0 Å². The predicted octanol–water partition coefficient (Wildman–Crippen LogP) is 3.02. The van der Waals surface area contributed by atoms with Crippen LogP contribution in [0.2, 0.25) is 0 Å². The van der Waals surface area contributed by atoms with Gasteiger partial charge in [-0.1, -0.05) is 49.6 Å². The van der Waals surface area contributed by atoms with E-state index in [1.54, 1.807) is 4.90 Å². The summed E-state index contributed by atoms with van der Waals surface area (Å²) >= 11 is 0. The van der Waals surface area contributed by atoms with Crippen LogP contribution in [0.5, 0.6) is 0 Å². The van der Waals surface area contributed by atoms with E-state index >= 15 is 0 Å². The van der Waals surface area contributed by atoms with Crippen LogP contribution in [0.4, 0.5) is 0 Å². The second-order valence-electron chi connectivity index (χ2n) is 6.76. The van der Waals surface area contributed by atoms with E-state index in [9.17, 15) is 9.59 Å². The molecule has 1 saturated heterocycles. The average Bonchev–Trinajstić information content (AvgIpc) is 3.00. The van der Waals surface area contributed by atoms with Gasteiger partial charge in [0, 0.05) is 19.0 Å². The summed E-state index contributed by atoms with van der Waals surface area (Å²) in [7, 11) is 0. The fraction of sp³-hybridized carbons (Fsp3) is 0.579. The maximum absolute atomic E-state index is 12.7. The Morgan fingerprint density at radius 1 is 1.04 bits per heavy atom. The minimum Gasteiger partial charge on any atom is -0.352 e. The number of hydrogen-bond donors (Lipinski definition) is 1. The topological polar surface area (TPSA) is 49.4 Å². The summed E-state index contributed by atoms with van der Waals surface area (Å²) in [6.07, 6.45) is 7.70. The first-order valence-electron chi connectivity index (χ1n) is 8.88. The maximum Gasteiger partial charge on any atom is 0.243 e. The van der Waals surface area contributed by atoms with Gasteiger partial charge in [0.05, 0.1) is 0 Å². The fourth-order valence-electron chi connectivity index (χ4n) is 3.71. The maximum atomic E-state index is 12.7. The minimum absolute atomic E-state index is 0.0445. The molecule has 1 aliphatic heterocycles. The molecule has 1 unspecified atom stereocenters. The van der Waals surface area contributed by atoms with E-state index in [0.717, 1.165) is 37.7 Å². The van der Waals surface area contributed by atoms with E-state index in [2.05, 4.69) is 5.32 Å². The van der Waals surface area contributed by atoms with Crippen molar-refractivity contribution in [1.29, 1.82) is 0 Å². The third-order valence-corrected chi connectivity index (χ3v) is 5.01. The lowest BCUT2D eigenvalue weighted by Crippen LogP contribution is -2.50. The summed E-state index contributed by atoms with van der Waals surface area (Å²) in [5, 5.41) is 3.18. The summed E-state index contributed by atoms with van der Waals surface area (Å²) < 4.78 is 0. The molecule has 0 spiro atoms. The molecule has 2 fully saturated rings. The Bertz CT molecular complexity index is 538. The van der Waals surface area contributed by atoms with E-state index in [-0.39, 0.29) is 17.9 Å². The molecule has 1 aromatic rings. The normalized spacial score (nSPS) is 22.9. The van der Waals surface area contributed by atoms with Gasteiger partial charge < -0.3 is 10.2 Å². The van der Waals surface area contributed by atoms with Gasteiger partial charge in [-0.15, -0.1) is 0 Å². The molecule has 1 heterocycles. The van der Waals surface area contributed by atoms with Gasteiger partial charge in [-0.2, -0.15) is 0 Å². The smallest absolute Gasteiger partial charge is 0.243 e. The molecule has 1 N–H and O–H groups in total. The largest absolute Gasteiger partial charge is 0.352 e. The van der Waals surface area contributed by atoms with Crippen molar-refractivity contribution in [2.75, 3.05) is 0 Å². The number of amides is 2. The molecular weight excluding hydrogens is 288 g/mol. The van der Waals surface area contributed by atoms with Crippen molar-refractivity contribution in [3.63, 3.8) is 0 Å². The van der Waals surface area contributed by atoms with Gasteiger partial charge >= 0.3 is 0 Å². The number of carbonyl (C=O) groups is 2. The van der Waals surface area contributed by atoms with Crippen LogP contribution in [0.15, 0.2) is 30.3 Å². The van der Waals surface area contributed by atoms with Gasteiger partial charge in [-0.3, -0.25) is 9.59 Å². The van der Waals surface area contributed by atoms with Crippen molar-refractivity contribution < 1.29 is 9.59 Å². The van der Waals surface area contributed by atoms with E-state index in [1.165, 1.54) is 12.8 Å². The molecule has 0 bridgehead atoms. The summed E-state index contributed by atoms with van der Waals surface area (Å²) in [6, 6.07) is 9.95. The highest BCUT2D eigenvalue weighted by Crippen LogP contribution is 2.23. The van der Waals surface area contributed by atoms with Crippen LogP contribution >= 0.6 is 0 Å². The summed E-state index contributed by atoms with van der Waals surface area (Å²) in [4.78, 5) is 27.1. The van der Waals surface area contributed by atoms with Crippen molar-refractivity contribution in [3.05, 3.63) is 35.9 Å². The van der Waals surface area contributed by atoms with Crippen LogP contribution in [0.25, 0.3) is 0 Å². The molecule has 0 aromatic heterocycles. The van der Waals surface area contributed by atoms with E-state index in [4.69, 9.17) is 0 Å². The molecule has 1 aliphatic carbocycles. The zero-order chi connectivity index (χ0) is 16.1. The Kier molecular flexibility index (Phi) is 5.31. The molecular formula is C19H26N2O2. The Morgan fingerprint density at radius 2 is 1.74 bits per heavy atom. The second kappa shape index (κ2) is 7.62. The average molecular weight is 314 g/mol. The van der Waals surface area contributed by atoms with Crippen LogP contribution < -0.4 is 5.32 Å². The van der Waals surface area contributed by atoms with Crippen molar-refractivity contribution in [1.82, 2.24) is 10.2 Å². The van der Waals surface area contributed by atoms with Gasteiger partial charge in [0.1, 0.15) is 6.04 Å². The van der Waals surface area contributed by atoms with Crippen LogP contribution in [0.1, 0.15) is 56.9 Å². The molecule has 3 rings (SSSR count). The van der Waals surface area contributed by atoms with Crippen LogP contribution in [0, 0.1) is 0 Å². The lowest BCUT2D eigenvalue weighted by atomic mass is 10.1. The highest BCUT2D eigenvalue weighted by molar-refractivity contribution is 5.88. The number of nitrogens with zero attached hydrogens (tertiary/aromatic N) is 1. The third-order valence-electron chi connectivity index (χ3n) is 5.01. The first-order chi connectivity index (χ1) is 11.2. The highest BCUT2D eigenvalue weighted by atomic mass is 16.2. The molecule has 1 atom stereocenters. The second-order valence-corrected chi connectivity index (χ2v) is 6.76. The number of carbonyl (C=O) groups excluding carboxylic acids is 2. The molecule has 23 heavy (non-hydrogen) atoms. The third kappa shape index (κ3) is 4.12. The van der Waals surface area contributed by atoms with Gasteiger partial charge in [-0.05, 0) is 31.2 Å². The minimum atomic E-state index is -0.314. The monoisotopic (exact) mass is 314 g/mol. The van der Waals surface area contributed by atoms with Crippen LogP contribution in [-0.2, 0) is 16.1 Å². The lowest BCUT2D eigenvalue weighted by Gasteiger charge is -2.30. The van der Waals surface area contributed by atoms with E-state index in [0.29, 0.717) is 19.0 Å². The molecule has 124 valence electrons. The number of likely N-dealkylation sites (tertiary alicyclic amines) is 1. The summed E-state index contributed by atoms with van der Waals surface area (Å²) in [5.74, 6) is 0.154. The van der Waals surface area contributed by atoms with Gasteiger partial charge in [0.15, 0.2) is 0 Å². The zero-order valence-corrected chi connectivity index (χ0v) is 13.7. The number of benzene rings is 1. The Labute approximate surface area is 138 Å². The lowest BCUT2D eigenvalue weighted by molar-refractivity contribution is -0.140. The molecule has 1 aromatic carbocycles. The highest BCUT2D eigenvalue weighted by Gasteiger charge is 2.32. The number of hydrogen-bond acceptors (Lipinski definition) is 2. The fourth-order valence-corrected chi connectivity index (χ4v) is 3.71. The molecule has 2 amide bonds. The molecule has 0 radical (unpaired) electrons. The van der Waals surface area contributed by atoms with E-state index < -0.39 is 0 Å². The molecule has 1 saturated carbocycles. The van der Waals surface area contributed by atoms with Crippen molar-refractivity contribution in [3.8, 4) is 0 Å². The summed E-state index contributed by atoms with van der Waals surface area (Å²) in [5.41, 5.74) is 1.08. The Morgan fingerprint density at radius 3 is 2.48 bits per heavy atom. The van der Waals surface area contributed by atoms with Gasteiger partial charge in [0.2, 0.25) is 11.8 Å². The first kappa shape index (κ1) is 16.0. The first-order valence-corrected chi connectivity index (χ1v) is 8.88. The van der Waals surface area contributed by atoms with Gasteiger partial charge in [0.25, 0.3) is 0 Å². The Hall–Kier alpha value is -1.84. The standard InChI is InChI=1S/C19H26N2O2/c22-18-13-7-6-12-17(19(23)20-16-10-4-5-11-16)21(18)14-15-8-2-1-3-9-15/h1-3,8-9,16-17H,4-7,10-14H2,(H,20,23). The predicted molar refractivity (Wildman–Crippen MR) is 89.6 cm³/mol. The van der Waals surface area contributed by atoms with Gasteiger partial charge in [-0.25, -0.2) is 0 Å². The molecule has 4 heteroatoms. The molecule has 2 aliphatic rings. The van der Waals surface area contributed by atoms with Crippen LogP contribution in [-0.4, -0.2) is 28.8 Å². The quantitative estimate of drug-likeness (QED) is 0.928. The SMILES string of the molecule is O=C(NC1CCCC1)C1CCCCC(=O)N1Cc1ccccc1. The molecule has 4 nitrogen and oxygen atoms in total. The van der Waals surface area contributed by atoms with Crippen molar-refractivity contribution in [2.45, 2.75) is 70.0 Å². The number of nitrogens with one attached hydrogen (secondary N) is 1. The Balaban J connectivity index is 1.73.